The molecule has 0 aromatic heterocycles. The lowest BCUT2D eigenvalue weighted by molar-refractivity contribution is 0.265. The molecule has 0 fully saturated rings. The third kappa shape index (κ3) is 7.47. The Morgan fingerprint density at radius 3 is 2.19 bits per heavy atom. The maximum absolute atomic E-state index is 12.3. The van der Waals surface area contributed by atoms with Gasteiger partial charge in [0.2, 0.25) is 0 Å². The summed E-state index contributed by atoms with van der Waals surface area (Å²) in [6.45, 7) is 0.744. The second-order valence-corrected chi connectivity index (χ2v) is 7.91. The molecular weight excluding hydrogens is 477 g/mol. The molecule has 3 N–H and O–H groups in total. The van der Waals surface area contributed by atoms with Crippen LogP contribution in [0.1, 0.15) is 11.5 Å². The van der Waals surface area contributed by atoms with Crippen molar-refractivity contribution >= 4 is 39.8 Å². The van der Waals surface area contributed by atoms with Gasteiger partial charge in [0.1, 0.15) is 0 Å². The lowest BCUT2D eigenvalue weighted by Crippen LogP contribution is -2.41. The summed E-state index contributed by atoms with van der Waals surface area (Å²) in [6, 6.07) is 18.1. The fraction of sp³-hybridized carbons (Fsp3) is 0.316. The van der Waals surface area contributed by atoms with E-state index >= 15 is 0 Å². The van der Waals surface area contributed by atoms with Crippen LogP contribution in [0.3, 0.4) is 0 Å². The van der Waals surface area contributed by atoms with Crippen molar-refractivity contribution in [3.8, 4) is 0 Å². The third-order valence-corrected chi connectivity index (χ3v) is 5.73. The summed E-state index contributed by atoms with van der Waals surface area (Å²) in [4.78, 5) is 4.41. The van der Waals surface area contributed by atoms with E-state index in [4.69, 9.17) is 0 Å². The van der Waals surface area contributed by atoms with Crippen LogP contribution in [0, 0.1) is 0 Å². The normalized spacial score (nSPS) is 12.7. The van der Waals surface area contributed by atoms with Crippen molar-refractivity contribution < 1.29 is 13.5 Å². The molecule has 0 saturated heterocycles. The van der Waals surface area contributed by atoms with Gasteiger partial charge >= 0.3 is 0 Å². The number of nitrogens with zero attached hydrogens (tertiary/aromatic N) is 1. The smallest absolute Gasteiger partial charge is 0.191 e. The van der Waals surface area contributed by atoms with Crippen LogP contribution < -0.4 is 10.6 Å². The highest BCUT2D eigenvalue weighted by Gasteiger charge is 2.14. The Kier molecular flexibility index (Phi) is 10.3. The van der Waals surface area contributed by atoms with Gasteiger partial charge in [0, 0.05) is 26.1 Å². The van der Waals surface area contributed by atoms with Gasteiger partial charge in [0.05, 0.1) is 17.3 Å². The van der Waals surface area contributed by atoms with Crippen molar-refractivity contribution in [2.24, 2.45) is 4.99 Å². The summed E-state index contributed by atoms with van der Waals surface area (Å²) in [5.41, 5.74) is 1.03. The Morgan fingerprint density at radius 2 is 1.63 bits per heavy atom. The van der Waals surface area contributed by atoms with Gasteiger partial charge in [-0.2, -0.15) is 0 Å². The zero-order valence-corrected chi connectivity index (χ0v) is 18.4. The standard InChI is InChI=1S/C19H25N3O3S.HI/c1-20-19(22-14-17(15-23)16-8-4-2-5-9-16)21-12-13-26(24,25)18-10-6-3-7-11-18;/h2-11,17,23H,12-15H2,1H3,(H2,20,21,22);1H. The number of aliphatic hydroxyl groups is 1. The van der Waals surface area contributed by atoms with E-state index in [1.807, 2.05) is 30.3 Å². The number of benzene rings is 2. The topological polar surface area (TPSA) is 90.8 Å². The van der Waals surface area contributed by atoms with E-state index in [0.29, 0.717) is 17.4 Å². The van der Waals surface area contributed by atoms with Crippen molar-refractivity contribution in [1.29, 1.82) is 0 Å². The van der Waals surface area contributed by atoms with Gasteiger partial charge in [-0.15, -0.1) is 24.0 Å². The molecule has 6 nitrogen and oxygen atoms in total. The summed E-state index contributed by atoms with van der Waals surface area (Å²) < 4.78 is 24.5. The molecule has 148 valence electrons. The molecule has 0 spiro atoms. The zero-order chi connectivity index (χ0) is 18.8. The number of hydrogen-bond acceptors (Lipinski definition) is 4. The molecule has 8 heteroatoms. The van der Waals surface area contributed by atoms with Crippen molar-refractivity contribution in [1.82, 2.24) is 10.6 Å². The molecule has 2 aromatic rings. The van der Waals surface area contributed by atoms with Crippen LogP contribution in [-0.2, 0) is 9.84 Å². The second kappa shape index (κ2) is 11.9. The predicted molar refractivity (Wildman–Crippen MR) is 120 cm³/mol. The Morgan fingerprint density at radius 1 is 1.04 bits per heavy atom. The lowest BCUT2D eigenvalue weighted by Gasteiger charge is -2.18. The highest BCUT2D eigenvalue weighted by molar-refractivity contribution is 14.0. The summed E-state index contributed by atoms with van der Waals surface area (Å²) in [5.74, 6) is 0.408. The van der Waals surface area contributed by atoms with E-state index in [9.17, 15) is 13.5 Å². The van der Waals surface area contributed by atoms with E-state index in [-0.39, 0.29) is 48.8 Å². The third-order valence-electron chi connectivity index (χ3n) is 4.00. The van der Waals surface area contributed by atoms with E-state index in [1.165, 1.54) is 0 Å². The molecule has 2 aromatic carbocycles. The first kappa shape index (κ1) is 23.4. The van der Waals surface area contributed by atoms with Crippen LogP contribution in [0.25, 0.3) is 0 Å². The largest absolute Gasteiger partial charge is 0.396 e. The zero-order valence-electron chi connectivity index (χ0n) is 15.2. The van der Waals surface area contributed by atoms with Gasteiger partial charge in [-0.05, 0) is 17.7 Å². The van der Waals surface area contributed by atoms with Crippen molar-refractivity contribution in [2.75, 3.05) is 32.5 Å². The molecule has 0 aliphatic rings. The molecule has 0 heterocycles. The van der Waals surface area contributed by atoms with Gasteiger partial charge in [0.15, 0.2) is 15.8 Å². The summed E-state index contributed by atoms with van der Waals surface area (Å²) in [5, 5.41) is 15.7. The molecule has 2 rings (SSSR count). The number of aliphatic imine (C=N–C) groups is 1. The Labute approximate surface area is 178 Å². The molecule has 1 atom stereocenters. The number of aliphatic hydroxyl groups excluding tert-OH is 1. The van der Waals surface area contributed by atoms with E-state index < -0.39 is 9.84 Å². The van der Waals surface area contributed by atoms with Crippen LogP contribution in [0.4, 0.5) is 0 Å². The number of halogens is 1. The van der Waals surface area contributed by atoms with Crippen molar-refractivity contribution in [2.45, 2.75) is 10.8 Å². The quantitative estimate of drug-likeness (QED) is 0.292. The van der Waals surface area contributed by atoms with Gasteiger partial charge in [-0.25, -0.2) is 8.42 Å². The van der Waals surface area contributed by atoms with Gasteiger partial charge in [-0.1, -0.05) is 48.5 Å². The van der Waals surface area contributed by atoms with E-state index in [2.05, 4.69) is 15.6 Å². The van der Waals surface area contributed by atoms with Crippen LogP contribution in [-0.4, -0.2) is 52.0 Å². The van der Waals surface area contributed by atoms with Gasteiger partial charge in [-0.3, -0.25) is 4.99 Å². The molecule has 27 heavy (non-hydrogen) atoms. The first-order chi connectivity index (χ1) is 12.6. The molecule has 1 unspecified atom stereocenters. The minimum atomic E-state index is -3.33. The lowest BCUT2D eigenvalue weighted by atomic mass is 10.0. The summed E-state index contributed by atoms with van der Waals surface area (Å²) in [6.07, 6.45) is 0. The molecule has 0 aliphatic carbocycles. The second-order valence-electron chi connectivity index (χ2n) is 5.80. The molecular formula is C19H26IN3O3S. The Hall–Kier alpha value is -1.65. The molecule has 0 radical (unpaired) electrons. The van der Waals surface area contributed by atoms with Crippen LogP contribution in [0.5, 0.6) is 0 Å². The highest BCUT2D eigenvalue weighted by atomic mass is 127. The number of guanidine groups is 1. The van der Waals surface area contributed by atoms with Crippen LogP contribution >= 0.6 is 24.0 Å². The number of nitrogens with one attached hydrogen (secondary N) is 2. The highest BCUT2D eigenvalue weighted by Crippen LogP contribution is 2.13. The minimum absolute atomic E-state index is 0. The first-order valence-corrected chi connectivity index (χ1v) is 10.1. The Bertz CT molecular complexity index is 799. The summed E-state index contributed by atoms with van der Waals surface area (Å²) in [7, 11) is -1.71. The maximum atomic E-state index is 12.3. The van der Waals surface area contributed by atoms with Gasteiger partial charge < -0.3 is 15.7 Å². The van der Waals surface area contributed by atoms with Crippen molar-refractivity contribution in [3.63, 3.8) is 0 Å². The van der Waals surface area contributed by atoms with Crippen LogP contribution in [0.2, 0.25) is 0 Å². The molecule has 0 saturated carbocycles. The Balaban J connectivity index is 0.00000364. The predicted octanol–water partition coefficient (Wildman–Crippen LogP) is 2.02. The van der Waals surface area contributed by atoms with Gasteiger partial charge in [0.25, 0.3) is 0 Å². The molecule has 0 amide bonds. The van der Waals surface area contributed by atoms with E-state index in [0.717, 1.165) is 5.56 Å². The van der Waals surface area contributed by atoms with Crippen LogP contribution in [0.15, 0.2) is 70.6 Å². The fourth-order valence-corrected chi connectivity index (χ4v) is 3.68. The molecule has 0 aliphatic heterocycles. The number of rotatable bonds is 8. The number of hydrogen-bond donors (Lipinski definition) is 3. The average Bonchev–Trinajstić information content (AvgIpc) is 2.68. The van der Waals surface area contributed by atoms with E-state index in [1.54, 1.807) is 37.4 Å². The monoisotopic (exact) mass is 503 g/mol. The summed E-state index contributed by atoms with van der Waals surface area (Å²) >= 11 is 0. The average molecular weight is 503 g/mol. The minimum Gasteiger partial charge on any atom is -0.396 e. The fourth-order valence-electron chi connectivity index (χ4n) is 2.50. The molecule has 0 bridgehead atoms. The van der Waals surface area contributed by atoms with Crippen molar-refractivity contribution in [3.05, 3.63) is 66.2 Å². The SMILES string of the molecule is CN=C(NCCS(=O)(=O)c1ccccc1)NCC(CO)c1ccccc1.I. The maximum Gasteiger partial charge on any atom is 0.191 e. The first-order valence-electron chi connectivity index (χ1n) is 8.45. The number of sulfone groups is 1.